The Labute approximate surface area is 183 Å². The van der Waals surface area contributed by atoms with Gasteiger partial charge < -0.3 is 5.11 Å². The Morgan fingerprint density at radius 2 is 1.57 bits per heavy atom. The predicted molar refractivity (Wildman–Crippen MR) is 121 cm³/mol. The van der Waals surface area contributed by atoms with Crippen LogP contribution in [0.2, 0.25) is 0 Å². The van der Waals surface area contributed by atoms with Crippen LogP contribution in [-0.4, -0.2) is 16.8 Å². The van der Waals surface area contributed by atoms with Gasteiger partial charge in [-0.2, -0.15) is 0 Å². The Morgan fingerprint density at radius 3 is 2.20 bits per heavy atom. The molecule has 1 fully saturated rings. The first-order valence-corrected chi connectivity index (χ1v) is 10.4. The van der Waals surface area contributed by atoms with Gasteiger partial charge in [0.2, 0.25) is 0 Å². The maximum absolute atomic E-state index is 13.1. The summed E-state index contributed by atoms with van der Waals surface area (Å²) in [6, 6.07) is 21.4. The van der Waals surface area contributed by atoms with Crippen molar-refractivity contribution in [2.24, 2.45) is 0 Å². The lowest BCUT2D eigenvalue weighted by atomic mass is 9.94. The average Bonchev–Trinajstić information content (AvgIpc) is 3.00. The summed E-state index contributed by atoms with van der Waals surface area (Å²) >= 11 is 3.38. The average molecular weight is 462 g/mol. The molecule has 150 valence electrons. The van der Waals surface area contributed by atoms with E-state index < -0.39 is 17.7 Å². The van der Waals surface area contributed by atoms with Crippen molar-refractivity contribution in [2.75, 3.05) is 4.90 Å². The van der Waals surface area contributed by atoms with Crippen molar-refractivity contribution in [2.45, 2.75) is 19.9 Å². The highest BCUT2D eigenvalue weighted by Gasteiger charge is 2.46. The number of Topliss-reactive ketones (excluding diaryl/α,β-unsaturated/α-hetero) is 1. The fourth-order valence-electron chi connectivity index (χ4n) is 3.72. The summed E-state index contributed by atoms with van der Waals surface area (Å²) in [7, 11) is 0. The van der Waals surface area contributed by atoms with Crippen LogP contribution in [0, 0.1) is 13.8 Å². The minimum atomic E-state index is -0.712. The van der Waals surface area contributed by atoms with Crippen molar-refractivity contribution in [1.82, 2.24) is 0 Å². The van der Waals surface area contributed by atoms with Gasteiger partial charge in [0.15, 0.2) is 0 Å². The molecule has 1 aliphatic rings. The molecule has 5 heteroatoms. The van der Waals surface area contributed by atoms with Crippen molar-refractivity contribution < 1.29 is 14.7 Å². The normalized spacial score (nSPS) is 18.1. The van der Waals surface area contributed by atoms with Crippen LogP contribution in [0.4, 0.5) is 5.69 Å². The molecule has 1 saturated heterocycles. The van der Waals surface area contributed by atoms with Gasteiger partial charge in [0.1, 0.15) is 5.76 Å². The molecule has 1 amide bonds. The highest BCUT2D eigenvalue weighted by atomic mass is 79.9. The van der Waals surface area contributed by atoms with Crippen LogP contribution >= 0.6 is 15.9 Å². The Hall–Kier alpha value is -3.18. The quantitative estimate of drug-likeness (QED) is 0.309. The third kappa shape index (κ3) is 3.57. The third-order valence-corrected chi connectivity index (χ3v) is 5.76. The zero-order valence-electron chi connectivity index (χ0n) is 16.6. The Balaban J connectivity index is 1.95. The molecule has 3 aromatic rings. The third-order valence-electron chi connectivity index (χ3n) is 5.23. The molecular weight excluding hydrogens is 442 g/mol. The molecule has 1 atom stereocenters. The summed E-state index contributed by atoms with van der Waals surface area (Å²) in [5.41, 5.74) is 4.02. The number of amides is 1. The number of carbonyl (C=O) groups is 2. The summed E-state index contributed by atoms with van der Waals surface area (Å²) in [5, 5.41) is 11.1. The van der Waals surface area contributed by atoms with Crippen LogP contribution in [0.5, 0.6) is 0 Å². The fraction of sp³-hybridized carbons (Fsp3) is 0.120. The summed E-state index contributed by atoms with van der Waals surface area (Å²) in [4.78, 5) is 27.6. The SMILES string of the molecule is Cc1ccc(N2C(=O)C(=O)/C(=C(\O)c3ccc(Br)cc3)C2c2cccc(C)c2)cc1. The van der Waals surface area contributed by atoms with Crippen LogP contribution in [0.25, 0.3) is 5.76 Å². The molecule has 1 unspecified atom stereocenters. The number of aliphatic hydroxyl groups is 1. The van der Waals surface area contributed by atoms with E-state index in [2.05, 4.69) is 15.9 Å². The largest absolute Gasteiger partial charge is 0.507 e. The number of hydrogen-bond acceptors (Lipinski definition) is 3. The number of hydrogen-bond donors (Lipinski definition) is 1. The molecule has 4 nitrogen and oxygen atoms in total. The van der Waals surface area contributed by atoms with Crippen molar-refractivity contribution in [3.05, 3.63) is 105 Å². The van der Waals surface area contributed by atoms with Gasteiger partial charge >= 0.3 is 0 Å². The lowest BCUT2D eigenvalue weighted by Crippen LogP contribution is -2.29. The maximum Gasteiger partial charge on any atom is 0.300 e. The molecular formula is C25H20BrNO3. The molecule has 1 heterocycles. The van der Waals surface area contributed by atoms with E-state index in [-0.39, 0.29) is 11.3 Å². The van der Waals surface area contributed by atoms with Crippen LogP contribution < -0.4 is 4.90 Å². The fourth-order valence-corrected chi connectivity index (χ4v) is 3.99. The topological polar surface area (TPSA) is 57.6 Å². The van der Waals surface area contributed by atoms with E-state index in [1.165, 1.54) is 4.90 Å². The smallest absolute Gasteiger partial charge is 0.300 e. The second-order valence-electron chi connectivity index (χ2n) is 7.43. The zero-order chi connectivity index (χ0) is 21.4. The molecule has 0 aliphatic carbocycles. The molecule has 1 aliphatic heterocycles. The minimum absolute atomic E-state index is 0.0912. The van der Waals surface area contributed by atoms with Crippen molar-refractivity contribution in [3.63, 3.8) is 0 Å². The van der Waals surface area contributed by atoms with Crippen molar-refractivity contribution in [1.29, 1.82) is 0 Å². The van der Waals surface area contributed by atoms with Crippen molar-refractivity contribution >= 4 is 39.1 Å². The van der Waals surface area contributed by atoms with E-state index in [1.54, 1.807) is 24.3 Å². The lowest BCUT2D eigenvalue weighted by Gasteiger charge is -2.25. The summed E-state index contributed by atoms with van der Waals surface area (Å²) in [6.07, 6.45) is 0. The molecule has 3 aromatic carbocycles. The number of aryl methyl sites for hydroxylation is 2. The molecule has 0 spiro atoms. The second-order valence-corrected chi connectivity index (χ2v) is 8.34. The molecule has 0 saturated carbocycles. The summed E-state index contributed by atoms with van der Waals surface area (Å²) in [5.74, 6) is -1.52. The monoisotopic (exact) mass is 461 g/mol. The second kappa shape index (κ2) is 7.92. The van der Waals surface area contributed by atoms with Gasteiger partial charge in [-0.25, -0.2) is 0 Å². The first-order chi connectivity index (χ1) is 14.4. The number of rotatable bonds is 3. The summed E-state index contributed by atoms with van der Waals surface area (Å²) in [6.45, 7) is 3.92. The van der Waals surface area contributed by atoms with Crippen LogP contribution in [0.1, 0.15) is 28.3 Å². The van der Waals surface area contributed by atoms with Crippen LogP contribution in [0.15, 0.2) is 82.8 Å². The van der Waals surface area contributed by atoms with E-state index in [1.807, 2.05) is 62.4 Å². The molecule has 4 rings (SSSR count). The van der Waals surface area contributed by atoms with Gasteiger partial charge in [0, 0.05) is 15.7 Å². The maximum atomic E-state index is 13.1. The first-order valence-electron chi connectivity index (χ1n) is 9.57. The number of anilines is 1. The first kappa shape index (κ1) is 20.1. The Morgan fingerprint density at radius 1 is 0.900 bits per heavy atom. The van der Waals surface area contributed by atoms with Crippen LogP contribution in [-0.2, 0) is 9.59 Å². The molecule has 0 bridgehead atoms. The van der Waals surface area contributed by atoms with Crippen molar-refractivity contribution in [3.8, 4) is 0 Å². The number of halogens is 1. The predicted octanol–water partition coefficient (Wildman–Crippen LogP) is 5.69. The van der Waals surface area contributed by atoms with Crippen LogP contribution in [0.3, 0.4) is 0 Å². The number of benzene rings is 3. The lowest BCUT2D eigenvalue weighted by molar-refractivity contribution is -0.132. The number of carbonyl (C=O) groups excluding carboxylic acids is 2. The highest BCUT2D eigenvalue weighted by Crippen LogP contribution is 2.42. The highest BCUT2D eigenvalue weighted by molar-refractivity contribution is 9.10. The number of ketones is 1. The van der Waals surface area contributed by atoms with Gasteiger partial charge in [0.25, 0.3) is 11.7 Å². The van der Waals surface area contributed by atoms with Gasteiger partial charge in [0.05, 0.1) is 11.6 Å². The van der Waals surface area contributed by atoms with Gasteiger partial charge in [-0.3, -0.25) is 14.5 Å². The van der Waals surface area contributed by atoms with Gasteiger partial charge in [-0.05, 0) is 43.7 Å². The van der Waals surface area contributed by atoms with Gasteiger partial charge in [-0.1, -0.05) is 75.6 Å². The number of nitrogens with zero attached hydrogens (tertiary/aromatic N) is 1. The minimum Gasteiger partial charge on any atom is -0.507 e. The molecule has 0 radical (unpaired) electrons. The van der Waals surface area contributed by atoms with E-state index >= 15 is 0 Å². The van der Waals surface area contributed by atoms with E-state index in [0.29, 0.717) is 11.3 Å². The summed E-state index contributed by atoms with van der Waals surface area (Å²) < 4.78 is 0.856. The standard InChI is InChI=1S/C25H20BrNO3/c1-15-6-12-20(13-7-15)27-22(18-5-3-4-16(2)14-18)21(24(29)25(27)30)23(28)17-8-10-19(26)11-9-17/h3-14,22,28H,1-2H3/b23-21-. The number of aliphatic hydroxyl groups excluding tert-OH is 1. The zero-order valence-corrected chi connectivity index (χ0v) is 18.2. The Bertz CT molecular complexity index is 1160. The van der Waals surface area contributed by atoms with E-state index in [4.69, 9.17) is 0 Å². The molecule has 1 N–H and O–H groups in total. The van der Waals surface area contributed by atoms with E-state index in [9.17, 15) is 14.7 Å². The van der Waals surface area contributed by atoms with Gasteiger partial charge in [-0.15, -0.1) is 0 Å². The van der Waals surface area contributed by atoms with E-state index in [0.717, 1.165) is 21.2 Å². The molecule has 0 aromatic heterocycles. The Kier molecular flexibility index (Phi) is 5.31. The molecule has 30 heavy (non-hydrogen) atoms.